The van der Waals surface area contributed by atoms with E-state index in [9.17, 15) is 4.79 Å². The fourth-order valence-electron chi connectivity index (χ4n) is 0.679. The van der Waals surface area contributed by atoms with Crippen molar-refractivity contribution >= 4 is 5.78 Å². The molecule has 1 heterocycles. The molecule has 0 aromatic carbocycles. The van der Waals surface area contributed by atoms with Crippen molar-refractivity contribution in [3.63, 3.8) is 0 Å². The highest BCUT2D eigenvalue weighted by atomic mass is 16.3. The van der Waals surface area contributed by atoms with Crippen molar-refractivity contribution in [2.45, 2.75) is 6.92 Å². The van der Waals surface area contributed by atoms with E-state index in [1.807, 2.05) is 0 Å². The fraction of sp³-hybridized carbons (Fsp3) is 0.333. The topological polar surface area (TPSA) is 55.1 Å². The zero-order valence-electron chi connectivity index (χ0n) is 5.83. The molecule has 0 atom stereocenters. The Balaban J connectivity index is 3.17. The van der Waals surface area contributed by atoms with E-state index in [4.69, 9.17) is 5.11 Å². The molecule has 1 rings (SSSR count). The standard InChI is InChI=1S/C6H8N2O2/c1-4(9)5-3-7-8(2)6(5)10/h3,10H,1-2H3. The third-order valence-corrected chi connectivity index (χ3v) is 1.29. The van der Waals surface area contributed by atoms with Gasteiger partial charge in [0.2, 0.25) is 5.88 Å². The van der Waals surface area contributed by atoms with Crippen LogP contribution in [0.3, 0.4) is 0 Å². The van der Waals surface area contributed by atoms with Crippen LogP contribution < -0.4 is 0 Å². The van der Waals surface area contributed by atoms with Gasteiger partial charge < -0.3 is 5.11 Å². The molecule has 1 N–H and O–H groups in total. The average Bonchev–Trinajstić information content (AvgIpc) is 2.14. The van der Waals surface area contributed by atoms with Gasteiger partial charge in [-0.3, -0.25) is 4.79 Å². The highest BCUT2D eigenvalue weighted by Gasteiger charge is 2.09. The third-order valence-electron chi connectivity index (χ3n) is 1.29. The minimum atomic E-state index is -0.175. The molecule has 10 heavy (non-hydrogen) atoms. The van der Waals surface area contributed by atoms with E-state index >= 15 is 0 Å². The number of carbonyl (C=O) groups excluding carboxylic acids is 1. The molecule has 1 aromatic rings. The molecule has 0 saturated heterocycles. The molecular weight excluding hydrogens is 132 g/mol. The normalized spacial score (nSPS) is 9.80. The number of aryl methyl sites for hydroxylation is 1. The number of hydrogen-bond donors (Lipinski definition) is 1. The van der Waals surface area contributed by atoms with Gasteiger partial charge in [-0.05, 0) is 6.92 Å². The molecule has 0 bridgehead atoms. The zero-order valence-corrected chi connectivity index (χ0v) is 5.83. The predicted molar refractivity (Wildman–Crippen MR) is 34.9 cm³/mol. The molecular formula is C6H8N2O2. The van der Waals surface area contributed by atoms with Crippen LogP contribution in [-0.2, 0) is 7.05 Å². The van der Waals surface area contributed by atoms with Crippen molar-refractivity contribution < 1.29 is 9.90 Å². The lowest BCUT2D eigenvalue weighted by atomic mass is 10.2. The number of ketones is 1. The van der Waals surface area contributed by atoms with Crippen LogP contribution in [0.4, 0.5) is 0 Å². The minimum absolute atomic E-state index is 0.0764. The molecule has 0 unspecified atom stereocenters. The molecule has 0 amide bonds. The number of aromatic hydroxyl groups is 1. The largest absolute Gasteiger partial charge is 0.493 e. The molecule has 0 fully saturated rings. The molecule has 4 heteroatoms. The van der Waals surface area contributed by atoms with Crippen molar-refractivity contribution in [2.75, 3.05) is 0 Å². The Labute approximate surface area is 58.1 Å². The van der Waals surface area contributed by atoms with Gasteiger partial charge >= 0.3 is 0 Å². The summed E-state index contributed by atoms with van der Waals surface area (Å²) in [5.74, 6) is -0.252. The van der Waals surface area contributed by atoms with E-state index in [2.05, 4.69) is 5.10 Å². The van der Waals surface area contributed by atoms with Crippen molar-refractivity contribution in [2.24, 2.45) is 7.05 Å². The first kappa shape index (κ1) is 6.80. The number of nitrogens with zero attached hydrogens (tertiary/aromatic N) is 2. The second kappa shape index (κ2) is 2.13. The monoisotopic (exact) mass is 140 g/mol. The predicted octanol–water partition coefficient (Wildman–Crippen LogP) is 0.328. The smallest absolute Gasteiger partial charge is 0.220 e. The van der Waals surface area contributed by atoms with E-state index < -0.39 is 0 Å². The van der Waals surface area contributed by atoms with Crippen molar-refractivity contribution in [3.05, 3.63) is 11.8 Å². The van der Waals surface area contributed by atoms with E-state index in [0.717, 1.165) is 0 Å². The van der Waals surface area contributed by atoms with Crippen LogP contribution in [-0.4, -0.2) is 20.7 Å². The van der Waals surface area contributed by atoms with E-state index in [-0.39, 0.29) is 17.2 Å². The Bertz CT molecular complexity index is 265. The van der Waals surface area contributed by atoms with Crippen LogP contribution in [0.5, 0.6) is 5.88 Å². The Kier molecular flexibility index (Phi) is 1.45. The zero-order chi connectivity index (χ0) is 7.72. The second-order valence-electron chi connectivity index (χ2n) is 2.06. The first-order valence-corrected chi connectivity index (χ1v) is 2.85. The summed E-state index contributed by atoms with van der Waals surface area (Å²) in [6.07, 6.45) is 1.34. The fourth-order valence-corrected chi connectivity index (χ4v) is 0.679. The van der Waals surface area contributed by atoms with Crippen molar-refractivity contribution in [1.29, 1.82) is 0 Å². The summed E-state index contributed by atoms with van der Waals surface area (Å²) in [5, 5.41) is 12.8. The summed E-state index contributed by atoms with van der Waals surface area (Å²) < 4.78 is 1.25. The summed E-state index contributed by atoms with van der Waals surface area (Å²) in [5.41, 5.74) is 0.266. The van der Waals surface area contributed by atoms with Crippen LogP contribution in [0.2, 0.25) is 0 Å². The highest BCUT2D eigenvalue weighted by molar-refractivity contribution is 5.95. The van der Waals surface area contributed by atoms with E-state index in [0.29, 0.717) is 0 Å². The summed E-state index contributed by atoms with van der Waals surface area (Å²) in [6, 6.07) is 0. The van der Waals surface area contributed by atoms with Gasteiger partial charge in [-0.15, -0.1) is 0 Å². The first-order valence-electron chi connectivity index (χ1n) is 2.85. The van der Waals surface area contributed by atoms with Gasteiger partial charge in [0.15, 0.2) is 5.78 Å². The number of hydrogen-bond acceptors (Lipinski definition) is 3. The lowest BCUT2D eigenvalue weighted by Gasteiger charge is -1.91. The van der Waals surface area contributed by atoms with Crippen LogP contribution in [0, 0.1) is 0 Å². The maximum Gasteiger partial charge on any atom is 0.220 e. The lowest BCUT2D eigenvalue weighted by Crippen LogP contribution is -1.91. The van der Waals surface area contributed by atoms with Crippen LogP contribution in [0.15, 0.2) is 6.20 Å². The highest BCUT2D eigenvalue weighted by Crippen LogP contribution is 2.14. The summed E-state index contributed by atoms with van der Waals surface area (Å²) >= 11 is 0. The molecule has 0 saturated carbocycles. The van der Waals surface area contributed by atoms with Gasteiger partial charge in [-0.1, -0.05) is 0 Å². The molecule has 4 nitrogen and oxygen atoms in total. The van der Waals surface area contributed by atoms with E-state index in [1.54, 1.807) is 7.05 Å². The summed E-state index contributed by atoms with van der Waals surface area (Å²) in [6.45, 7) is 1.39. The molecule has 54 valence electrons. The van der Waals surface area contributed by atoms with Gasteiger partial charge in [0, 0.05) is 7.05 Å². The molecule has 0 spiro atoms. The van der Waals surface area contributed by atoms with Crippen LogP contribution >= 0.6 is 0 Å². The Morgan fingerprint density at radius 3 is 2.60 bits per heavy atom. The molecule has 0 aliphatic heterocycles. The Hall–Kier alpha value is -1.32. The van der Waals surface area contributed by atoms with E-state index in [1.165, 1.54) is 17.8 Å². The molecule has 0 radical (unpaired) electrons. The number of carbonyl (C=O) groups is 1. The van der Waals surface area contributed by atoms with Crippen molar-refractivity contribution in [3.8, 4) is 5.88 Å². The Morgan fingerprint density at radius 1 is 1.80 bits per heavy atom. The third kappa shape index (κ3) is 0.877. The Morgan fingerprint density at radius 2 is 2.40 bits per heavy atom. The summed E-state index contributed by atoms with van der Waals surface area (Å²) in [7, 11) is 1.57. The van der Waals surface area contributed by atoms with Gasteiger partial charge in [0.25, 0.3) is 0 Å². The first-order chi connectivity index (χ1) is 4.63. The van der Waals surface area contributed by atoms with Gasteiger partial charge in [0.1, 0.15) is 0 Å². The second-order valence-corrected chi connectivity index (χ2v) is 2.06. The van der Waals surface area contributed by atoms with Gasteiger partial charge in [-0.2, -0.15) is 5.10 Å². The quantitative estimate of drug-likeness (QED) is 0.572. The van der Waals surface area contributed by atoms with Gasteiger partial charge in [-0.25, -0.2) is 4.68 Å². The molecule has 0 aliphatic carbocycles. The maximum absolute atomic E-state index is 10.7. The number of rotatable bonds is 1. The maximum atomic E-state index is 10.7. The summed E-state index contributed by atoms with van der Waals surface area (Å²) in [4.78, 5) is 10.7. The van der Waals surface area contributed by atoms with Crippen LogP contribution in [0.1, 0.15) is 17.3 Å². The van der Waals surface area contributed by atoms with Crippen molar-refractivity contribution in [1.82, 2.24) is 9.78 Å². The minimum Gasteiger partial charge on any atom is -0.493 e. The van der Waals surface area contributed by atoms with Gasteiger partial charge in [0.05, 0.1) is 11.8 Å². The number of Topliss-reactive ketones (excluding diaryl/α,β-unsaturated/α-hetero) is 1. The molecule has 1 aromatic heterocycles. The van der Waals surface area contributed by atoms with Crippen LogP contribution in [0.25, 0.3) is 0 Å². The molecule has 0 aliphatic rings. The number of aromatic nitrogens is 2. The average molecular weight is 140 g/mol. The lowest BCUT2D eigenvalue weighted by molar-refractivity contribution is 0.101. The SMILES string of the molecule is CC(=O)c1cnn(C)c1O.